The fourth-order valence-electron chi connectivity index (χ4n) is 1.26. The van der Waals surface area contributed by atoms with E-state index in [0.717, 1.165) is 4.90 Å². The third-order valence-corrected chi connectivity index (χ3v) is 4.48. The Balaban J connectivity index is 2.68. The zero-order valence-corrected chi connectivity index (χ0v) is 11.6. The Morgan fingerprint density at radius 2 is 1.94 bits per heavy atom. The van der Waals surface area contributed by atoms with Crippen LogP contribution in [0.1, 0.15) is 13.3 Å². The lowest BCUT2D eigenvalue weighted by atomic mass is 10.3. The maximum absolute atomic E-state index is 11.9. The maximum Gasteiger partial charge on any atom is 0.240 e. The van der Waals surface area contributed by atoms with E-state index >= 15 is 0 Å². The van der Waals surface area contributed by atoms with Gasteiger partial charge in [0.05, 0.1) is 4.90 Å². The van der Waals surface area contributed by atoms with Crippen molar-refractivity contribution in [1.82, 2.24) is 4.72 Å². The topological polar surface area (TPSA) is 72.2 Å². The highest BCUT2D eigenvalue weighted by Gasteiger charge is 2.13. The van der Waals surface area contributed by atoms with Crippen LogP contribution in [0.4, 0.5) is 0 Å². The van der Waals surface area contributed by atoms with E-state index in [1.54, 1.807) is 36.0 Å². The summed E-state index contributed by atoms with van der Waals surface area (Å²) in [5, 5.41) is 0. The van der Waals surface area contributed by atoms with Gasteiger partial charge in [-0.25, -0.2) is 13.1 Å². The minimum absolute atomic E-state index is 0.00318. The Hall–Kier alpha value is -0.560. The van der Waals surface area contributed by atoms with E-state index in [2.05, 4.69) is 4.72 Å². The molecule has 17 heavy (non-hydrogen) atoms. The second kappa shape index (κ2) is 6.39. The Morgan fingerprint density at radius 1 is 1.35 bits per heavy atom. The lowest BCUT2D eigenvalue weighted by Crippen LogP contribution is -2.29. The zero-order chi connectivity index (χ0) is 12.9. The van der Waals surface area contributed by atoms with Crippen LogP contribution >= 0.6 is 11.8 Å². The summed E-state index contributed by atoms with van der Waals surface area (Å²) in [6.07, 6.45) is 2.58. The molecule has 1 aromatic rings. The van der Waals surface area contributed by atoms with Crippen molar-refractivity contribution in [3.63, 3.8) is 0 Å². The standard InChI is InChI=1S/C11H18N2O2S2/c1-9(12)7-8-13-17(14,15)11-5-3-10(16-2)4-6-11/h3-6,9,13H,7-8,12H2,1-2H3. The summed E-state index contributed by atoms with van der Waals surface area (Å²) in [4.78, 5) is 1.33. The first-order valence-corrected chi connectivity index (χ1v) is 8.06. The molecule has 0 aliphatic carbocycles. The van der Waals surface area contributed by atoms with Gasteiger partial charge in [0.15, 0.2) is 0 Å². The van der Waals surface area contributed by atoms with Crippen molar-refractivity contribution < 1.29 is 8.42 Å². The SMILES string of the molecule is CSc1ccc(S(=O)(=O)NCCC(C)N)cc1. The Bertz CT molecular complexity index is 441. The quantitative estimate of drug-likeness (QED) is 0.770. The first kappa shape index (κ1) is 14.5. The summed E-state index contributed by atoms with van der Waals surface area (Å²) >= 11 is 1.58. The molecule has 0 aliphatic rings. The summed E-state index contributed by atoms with van der Waals surface area (Å²) < 4.78 is 26.2. The molecule has 4 nitrogen and oxygen atoms in total. The van der Waals surface area contributed by atoms with Crippen LogP contribution in [-0.2, 0) is 10.0 Å². The van der Waals surface area contributed by atoms with Gasteiger partial charge in [0, 0.05) is 17.5 Å². The van der Waals surface area contributed by atoms with Gasteiger partial charge in [-0.15, -0.1) is 11.8 Å². The lowest BCUT2D eigenvalue weighted by Gasteiger charge is -2.08. The van der Waals surface area contributed by atoms with Gasteiger partial charge in [0.25, 0.3) is 0 Å². The van der Waals surface area contributed by atoms with Gasteiger partial charge < -0.3 is 5.73 Å². The molecule has 1 aromatic carbocycles. The summed E-state index contributed by atoms with van der Waals surface area (Å²) in [5.74, 6) is 0. The number of hydrogen-bond acceptors (Lipinski definition) is 4. The van der Waals surface area contributed by atoms with Crippen LogP contribution in [0.3, 0.4) is 0 Å². The molecular formula is C11H18N2O2S2. The number of nitrogens with two attached hydrogens (primary N) is 1. The highest BCUT2D eigenvalue weighted by Crippen LogP contribution is 2.17. The molecule has 0 amide bonds. The van der Waals surface area contributed by atoms with Crippen molar-refractivity contribution in [3.8, 4) is 0 Å². The number of hydrogen-bond donors (Lipinski definition) is 2. The van der Waals surface area contributed by atoms with Gasteiger partial charge in [0.1, 0.15) is 0 Å². The van der Waals surface area contributed by atoms with E-state index < -0.39 is 10.0 Å². The molecule has 0 saturated carbocycles. The first-order valence-electron chi connectivity index (χ1n) is 5.35. The summed E-state index contributed by atoms with van der Waals surface area (Å²) in [6, 6.07) is 6.81. The molecule has 6 heteroatoms. The molecule has 3 N–H and O–H groups in total. The van der Waals surface area contributed by atoms with Crippen LogP contribution < -0.4 is 10.5 Å². The van der Waals surface area contributed by atoms with Crippen LogP contribution in [0.5, 0.6) is 0 Å². The van der Waals surface area contributed by atoms with Crippen molar-refractivity contribution in [3.05, 3.63) is 24.3 Å². The molecule has 1 atom stereocenters. The number of thioether (sulfide) groups is 1. The number of rotatable bonds is 6. The molecule has 0 aromatic heterocycles. The lowest BCUT2D eigenvalue weighted by molar-refractivity contribution is 0.571. The fraction of sp³-hybridized carbons (Fsp3) is 0.455. The third-order valence-electron chi connectivity index (χ3n) is 2.26. The van der Waals surface area contributed by atoms with E-state index in [9.17, 15) is 8.42 Å². The van der Waals surface area contributed by atoms with Crippen molar-refractivity contribution in [2.24, 2.45) is 5.73 Å². The van der Waals surface area contributed by atoms with Gasteiger partial charge in [0.2, 0.25) is 10.0 Å². The Kier molecular flexibility index (Phi) is 5.45. The number of benzene rings is 1. The van der Waals surface area contributed by atoms with Crippen molar-refractivity contribution in [1.29, 1.82) is 0 Å². The second-order valence-corrected chi connectivity index (χ2v) is 6.49. The van der Waals surface area contributed by atoms with Gasteiger partial charge in [-0.2, -0.15) is 0 Å². The van der Waals surface area contributed by atoms with Crippen molar-refractivity contribution in [2.75, 3.05) is 12.8 Å². The Labute approximate surface area is 107 Å². The largest absolute Gasteiger partial charge is 0.328 e. The maximum atomic E-state index is 11.9. The molecule has 0 radical (unpaired) electrons. The van der Waals surface area contributed by atoms with Crippen LogP contribution in [0.25, 0.3) is 0 Å². The summed E-state index contributed by atoms with van der Waals surface area (Å²) in [7, 11) is -3.40. The van der Waals surface area contributed by atoms with Crippen molar-refractivity contribution in [2.45, 2.75) is 29.2 Å². The van der Waals surface area contributed by atoms with Gasteiger partial charge in [-0.1, -0.05) is 0 Å². The monoisotopic (exact) mass is 274 g/mol. The van der Waals surface area contributed by atoms with Gasteiger partial charge in [-0.05, 0) is 43.9 Å². The predicted molar refractivity (Wildman–Crippen MR) is 71.7 cm³/mol. The smallest absolute Gasteiger partial charge is 0.240 e. The fourth-order valence-corrected chi connectivity index (χ4v) is 2.72. The molecule has 96 valence electrons. The molecule has 0 saturated heterocycles. The minimum atomic E-state index is -3.40. The Morgan fingerprint density at radius 3 is 2.41 bits per heavy atom. The average Bonchev–Trinajstić information content (AvgIpc) is 2.28. The normalized spacial score (nSPS) is 13.6. The number of nitrogens with one attached hydrogen (secondary N) is 1. The van der Waals surface area contributed by atoms with Crippen LogP contribution in [0.2, 0.25) is 0 Å². The van der Waals surface area contributed by atoms with Gasteiger partial charge in [-0.3, -0.25) is 0 Å². The molecule has 0 aliphatic heterocycles. The van der Waals surface area contributed by atoms with Crippen LogP contribution in [-0.4, -0.2) is 27.3 Å². The van der Waals surface area contributed by atoms with Crippen molar-refractivity contribution >= 4 is 21.8 Å². The summed E-state index contributed by atoms with van der Waals surface area (Å²) in [6.45, 7) is 2.21. The van der Waals surface area contributed by atoms with Crippen LogP contribution in [0.15, 0.2) is 34.1 Å². The zero-order valence-electron chi connectivity index (χ0n) is 10.0. The predicted octanol–water partition coefficient (Wildman–Crippen LogP) is 1.42. The molecule has 1 unspecified atom stereocenters. The molecule has 0 fully saturated rings. The molecular weight excluding hydrogens is 256 g/mol. The molecule has 0 spiro atoms. The molecule has 1 rings (SSSR count). The van der Waals surface area contributed by atoms with E-state index in [1.807, 2.05) is 13.2 Å². The molecule has 0 bridgehead atoms. The number of sulfonamides is 1. The highest BCUT2D eigenvalue weighted by molar-refractivity contribution is 7.98. The second-order valence-electron chi connectivity index (χ2n) is 3.84. The average molecular weight is 274 g/mol. The van der Waals surface area contributed by atoms with Gasteiger partial charge >= 0.3 is 0 Å². The van der Waals surface area contributed by atoms with Crippen LogP contribution in [0, 0.1) is 0 Å². The summed E-state index contributed by atoms with van der Waals surface area (Å²) in [5.41, 5.74) is 5.56. The highest BCUT2D eigenvalue weighted by atomic mass is 32.2. The van der Waals surface area contributed by atoms with E-state index in [0.29, 0.717) is 17.9 Å². The molecule has 0 heterocycles. The minimum Gasteiger partial charge on any atom is -0.328 e. The first-order chi connectivity index (χ1) is 7.95. The van der Waals surface area contributed by atoms with E-state index in [-0.39, 0.29) is 6.04 Å². The van der Waals surface area contributed by atoms with E-state index in [4.69, 9.17) is 5.73 Å². The third kappa shape index (κ3) is 4.67. The van der Waals surface area contributed by atoms with E-state index in [1.165, 1.54) is 0 Å².